The zero-order valence-electron chi connectivity index (χ0n) is 10.3. The molecule has 2 rings (SSSR count). The number of rotatable bonds is 5. The first-order valence-corrected chi connectivity index (χ1v) is 6.74. The second-order valence-electron chi connectivity index (χ2n) is 4.05. The number of benzene rings is 1. The number of anilines is 2. The van der Waals surface area contributed by atoms with Crippen LogP contribution in [-0.4, -0.2) is 18.1 Å². The number of hydrogen-bond donors (Lipinski definition) is 1. The van der Waals surface area contributed by atoms with E-state index in [1.165, 1.54) is 12.1 Å². The van der Waals surface area contributed by atoms with Gasteiger partial charge in [0.25, 0.3) is 0 Å². The summed E-state index contributed by atoms with van der Waals surface area (Å²) in [5, 5.41) is 2.87. The van der Waals surface area contributed by atoms with Crippen LogP contribution in [-0.2, 0) is 0 Å². The van der Waals surface area contributed by atoms with Crippen molar-refractivity contribution in [1.82, 2.24) is 4.98 Å². The standard InChI is InChI=1S/C13H16FN3S/c1-10-9-18-13(16-10)17(7-3-6-15)12-5-2-4-11(14)8-12/h2,4-5,8-9H,3,6-7,15H2,1H3. The van der Waals surface area contributed by atoms with Gasteiger partial charge in [0.05, 0.1) is 5.69 Å². The van der Waals surface area contributed by atoms with Crippen molar-refractivity contribution in [1.29, 1.82) is 0 Å². The average molecular weight is 265 g/mol. The van der Waals surface area contributed by atoms with Crippen LogP contribution in [0.2, 0.25) is 0 Å². The summed E-state index contributed by atoms with van der Waals surface area (Å²) in [4.78, 5) is 6.46. The van der Waals surface area contributed by atoms with Crippen molar-refractivity contribution in [2.24, 2.45) is 5.73 Å². The smallest absolute Gasteiger partial charge is 0.190 e. The van der Waals surface area contributed by atoms with Crippen molar-refractivity contribution in [2.45, 2.75) is 13.3 Å². The SMILES string of the molecule is Cc1csc(N(CCCN)c2cccc(F)c2)n1. The highest BCUT2D eigenvalue weighted by molar-refractivity contribution is 7.13. The molecule has 0 saturated heterocycles. The quantitative estimate of drug-likeness (QED) is 0.903. The van der Waals surface area contributed by atoms with Crippen molar-refractivity contribution in [2.75, 3.05) is 18.0 Å². The number of nitrogens with two attached hydrogens (primary N) is 1. The van der Waals surface area contributed by atoms with E-state index in [0.717, 1.165) is 29.5 Å². The van der Waals surface area contributed by atoms with Gasteiger partial charge in [-0.25, -0.2) is 9.37 Å². The summed E-state index contributed by atoms with van der Waals surface area (Å²) in [5.41, 5.74) is 7.34. The Hall–Kier alpha value is -1.46. The van der Waals surface area contributed by atoms with E-state index in [0.29, 0.717) is 6.54 Å². The molecule has 5 heteroatoms. The zero-order valence-corrected chi connectivity index (χ0v) is 11.1. The summed E-state index contributed by atoms with van der Waals surface area (Å²) in [6.45, 7) is 3.30. The van der Waals surface area contributed by atoms with Gasteiger partial charge in [-0.1, -0.05) is 6.07 Å². The van der Waals surface area contributed by atoms with E-state index < -0.39 is 0 Å². The lowest BCUT2D eigenvalue weighted by Crippen LogP contribution is -2.20. The molecule has 2 aromatic rings. The minimum absolute atomic E-state index is 0.237. The number of thiazole rings is 1. The predicted molar refractivity (Wildman–Crippen MR) is 73.9 cm³/mol. The number of aryl methyl sites for hydroxylation is 1. The van der Waals surface area contributed by atoms with Crippen molar-refractivity contribution in [3.8, 4) is 0 Å². The normalized spacial score (nSPS) is 10.6. The van der Waals surface area contributed by atoms with Crippen LogP contribution >= 0.6 is 11.3 Å². The molecule has 0 aliphatic carbocycles. The highest BCUT2D eigenvalue weighted by Gasteiger charge is 2.12. The Morgan fingerprint density at radius 2 is 2.28 bits per heavy atom. The molecule has 18 heavy (non-hydrogen) atoms. The van der Waals surface area contributed by atoms with Gasteiger partial charge in [0, 0.05) is 17.6 Å². The maximum atomic E-state index is 13.3. The van der Waals surface area contributed by atoms with Crippen LogP contribution in [0.4, 0.5) is 15.2 Å². The Morgan fingerprint density at radius 1 is 1.44 bits per heavy atom. The Morgan fingerprint density at radius 3 is 2.89 bits per heavy atom. The molecule has 3 nitrogen and oxygen atoms in total. The monoisotopic (exact) mass is 265 g/mol. The van der Waals surface area contributed by atoms with E-state index in [2.05, 4.69) is 4.98 Å². The third kappa shape index (κ3) is 3.05. The van der Waals surface area contributed by atoms with Crippen molar-refractivity contribution in [3.05, 3.63) is 41.2 Å². The van der Waals surface area contributed by atoms with Gasteiger partial charge in [0.1, 0.15) is 5.82 Å². The maximum Gasteiger partial charge on any atom is 0.190 e. The van der Waals surface area contributed by atoms with Gasteiger partial charge >= 0.3 is 0 Å². The van der Waals surface area contributed by atoms with Gasteiger partial charge in [-0.15, -0.1) is 11.3 Å². The lowest BCUT2D eigenvalue weighted by molar-refractivity contribution is 0.627. The number of hydrogen-bond acceptors (Lipinski definition) is 4. The van der Waals surface area contributed by atoms with Crippen LogP contribution < -0.4 is 10.6 Å². The Balaban J connectivity index is 2.30. The summed E-state index contributed by atoms with van der Waals surface area (Å²) in [6.07, 6.45) is 0.842. The first kappa shape index (κ1) is 13.0. The molecular formula is C13H16FN3S. The van der Waals surface area contributed by atoms with Crippen molar-refractivity contribution >= 4 is 22.2 Å². The Bertz CT molecular complexity index is 512. The molecular weight excluding hydrogens is 249 g/mol. The molecule has 0 unspecified atom stereocenters. The lowest BCUT2D eigenvalue weighted by Gasteiger charge is -2.21. The van der Waals surface area contributed by atoms with E-state index in [4.69, 9.17) is 5.73 Å². The van der Waals surface area contributed by atoms with E-state index >= 15 is 0 Å². The maximum absolute atomic E-state index is 13.3. The van der Waals surface area contributed by atoms with Crippen molar-refractivity contribution < 1.29 is 4.39 Å². The fourth-order valence-corrected chi connectivity index (χ4v) is 2.54. The largest absolute Gasteiger partial charge is 0.330 e. The molecule has 0 amide bonds. The van der Waals surface area contributed by atoms with Crippen LogP contribution in [0.25, 0.3) is 0 Å². The van der Waals surface area contributed by atoms with Crippen LogP contribution in [0.15, 0.2) is 29.6 Å². The summed E-state index contributed by atoms with van der Waals surface area (Å²) >= 11 is 1.56. The Kier molecular flexibility index (Phi) is 4.28. The molecule has 0 bridgehead atoms. The highest BCUT2D eigenvalue weighted by atomic mass is 32.1. The molecule has 0 saturated carbocycles. The third-order valence-corrected chi connectivity index (χ3v) is 3.52. The van der Waals surface area contributed by atoms with Gasteiger partial charge < -0.3 is 10.6 Å². The van der Waals surface area contributed by atoms with Crippen LogP contribution in [0.3, 0.4) is 0 Å². The van der Waals surface area contributed by atoms with E-state index in [9.17, 15) is 4.39 Å². The number of nitrogens with zero attached hydrogens (tertiary/aromatic N) is 2. The average Bonchev–Trinajstić information content (AvgIpc) is 2.76. The van der Waals surface area contributed by atoms with Crippen molar-refractivity contribution in [3.63, 3.8) is 0 Å². The number of halogens is 1. The molecule has 96 valence electrons. The summed E-state index contributed by atoms with van der Waals surface area (Å²) in [6, 6.07) is 6.56. The molecule has 0 spiro atoms. The minimum atomic E-state index is -0.237. The van der Waals surface area contributed by atoms with Gasteiger partial charge in [-0.2, -0.15) is 0 Å². The minimum Gasteiger partial charge on any atom is -0.330 e. The fourth-order valence-electron chi connectivity index (χ4n) is 1.69. The number of aromatic nitrogens is 1. The van der Waals surface area contributed by atoms with E-state index in [1.54, 1.807) is 17.4 Å². The van der Waals surface area contributed by atoms with Gasteiger partial charge in [0.15, 0.2) is 5.13 Å². The molecule has 1 aromatic carbocycles. The summed E-state index contributed by atoms with van der Waals surface area (Å²) in [7, 11) is 0. The summed E-state index contributed by atoms with van der Waals surface area (Å²) in [5.74, 6) is -0.237. The topological polar surface area (TPSA) is 42.1 Å². The zero-order chi connectivity index (χ0) is 13.0. The first-order valence-electron chi connectivity index (χ1n) is 5.86. The van der Waals surface area contributed by atoms with E-state index in [-0.39, 0.29) is 5.82 Å². The van der Waals surface area contributed by atoms with Gasteiger partial charge in [-0.05, 0) is 38.1 Å². The van der Waals surface area contributed by atoms with Crippen LogP contribution in [0.5, 0.6) is 0 Å². The molecule has 1 heterocycles. The fraction of sp³-hybridized carbons (Fsp3) is 0.308. The molecule has 0 radical (unpaired) electrons. The van der Waals surface area contributed by atoms with Gasteiger partial charge in [-0.3, -0.25) is 0 Å². The molecule has 0 aliphatic rings. The first-order chi connectivity index (χ1) is 8.70. The molecule has 0 fully saturated rings. The Labute approximate surface area is 110 Å². The second-order valence-corrected chi connectivity index (χ2v) is 4.88. The highest BCUT2D eigenvalue weighted by Crippen LogP contribution is 2.28. The molecule has 1 aromatic heterocycles. The predicted octanol–water partition coefficient (Wildman–Crippen LogP) is 3.08. The second kappa shape index (κ2) is 5.93. The van der Waals surface area contributed by atoms with Gasteiger partial charge in [0.2, 0.25) is 0 Å². The summed E-state index contributed by atoms with van der Waals surface area (Å²) < 4.78 is 13.3. The third-order valence-electron chi connectivity index (χ3n) is 2.54. The molecule has 0 atom stereocenters. The van der Waals surface area contributed by atoms with Crippen LogP contribution in [0.1, 0.15) is 12.1 Å². The molecule has 0 aliphatic heterocycles. The molecule has 2 N–H and O–H groups in total. The van der Waals surface area contributed by atoms with E-state index in [1.807, 2.05) is 23.3 Å². The van der Waals surface area contributed by atoms with Crippen LogP contribution in [0, 0.1) is 12.7 Å². The lowest BCUT2D eigenvalue weighted by atomic mass is 10.2.